The molecule has 2 aromatic heterocycles. The van der Waals surface area contributed by atoms with Gasteiger partial charge in [0, 0.05) is 62.6 Å². The van der Waals surface area contributed by atoms with Crippen LogP contribution in [0.15, 0.2) is 18.5 Å². The van der Waals surface area contributed by atoms with Gasteiger partial charge in [0.05, 0.1) is 11.3 Å². The molecule has 3 aliphatic carbocycles. The third-order valence-corrected chi connectivity index (χ3v) is 8.25. The molecule has 33 heavy (non-hydrogen) atoms. The number of anilines is 1. The van der Waals surface area contributed by atoms with Crippen LogP contribution in [0.1, 0.15) is 43.1 Å². The first-order valence-corrected chi connectivity index (χ1v) is 12.1. The van der Waals surface area contributed by atoms with Gasteiger partial charge in [-0.15, -0.1) is 0 Å². The van der Waals surface area contributed by atoms with Gasteiger partial charge in [-0.3, -0.25) is 4.90 Å². The van der Waals surface area contributed by atoms with Crippen molar-refractivity contribution in [1.82, 2.24) is 24.3 Å². The van der Waals surface area contributed by atoms with Gasteiger partial charge in [-0.2, -0.15) is 13.2 Å². The van der Waals surface area contributed by atoms with Crippen molar-refractivity contribution in [2.75, 3.05) is 39.0 Å². The molecule has 2 N–H and O–H groups in total. The lowest BCUT2D eigenvalue weighted by Crippen LogP contribution is -2.48. The standard InChI is InChI=1S/C24H31F3N6/c1-31-4-6-32(7-5-31)16-10-17-18(11-16)22(17)33-13-20(30-21(33)8-14-2-3-14)15-9-19(24(25,26)27)23(28)29-12-15/h9,12-14,16-18,22H,2-8,10-11H2,1H3,(H2,28,29)/t16?,17-,18+,22?. The third kappa shape index (κ3) is 4.03. The van der Waals surface area contributed by atoms with Crippen LogP contribution in [0.4, 0.5) is 19.0 Å². The number of aromatic nitrogens is 3. The molecule has 178 valence electrons. The van der Waals surface area contributed by atoms with Crippen molar-refractivity contribution in [2.45, 2.75) is 50.4 Å². The van der Waals surface area contributed by atoms with Gasteiger partial charge in [0.1, 0.15) is 11.6 Å². The molecule has 2 aromatic rings. The number of imidazole rings is 1. The van der Waals surface area contributed by atoms with Crippen LogP contribution in [0.25, 0.3) is 11.3 Å². The molecule has 4 atom stereocenters. The Morgan fingerprint density at radius 2 is 1.79 bits per heavy atom. The van der Waals surface area contributed by atoms with E-state index in [1.165, 1.54) is 31.9 Å². The highest BCUT2D eigenvalue weighted by molar-refractivity contribution is 5.62. The van der Waals surface area contributed by atoms with Crippen LogP contribution in [-0.4, -0.2) is 63.6 Å². The van der Waals surface area contributed by atoms with Gasteiger partial charge in [-0.25, -0.2) is 9.97 Å². The molecule has 0 aromatic carbocycles. The lowest BCUT2D eigenvalue weighted by atomic mass is 10.1. The summed E-state index contributed by atoms with van der Waals surface area (Å²) in [5.41, 5.74) is 5.57. The highest BCUT2D eigenvalue weighted by Gasteiger charge is 2.58. The minimum Gasteiger partial charge on any atom is -0.383 e. The first-order valence-electron chi connectivity index (χ1n) is 12.1. The highest BCUT2D eigenvalue weighted by Crippen LogP contribution is 2.62. The van der Waals surface area contributed by atoms with Crippen LogP contribution >= 0.6 is 0 Å². The molecule has 0 spiro atoms. The third-order valence-electron chi connectivity index (χ3n) is 8.25. The fraction of sp³-hybridized carbons (Fsp3) is 0.667. The Bertz CT molecular complexity index is 1030. The zero-order chi connectivity index (χ0) is 22.9. The molecule has 6 nitrogen and oxygen atoms in total. The number of nitrogens with zero attached hydrogens (tertiary/aromatic N) is 5. The van der Waals surface area contributed by atoms with Crippen molar-refractivity contribution < 1.29 is 13.2 Å². The minimum absolute atomic E-state index is 0.383. The summed E-state index contributed by atoms with van der Waals surface area (Å²) in [5, 5.41) is 0. The molecule has 9 heteroatoms. The Balaban J connectivity index is 1.23. The topological polar surface area (TPSA) is 63.2 Å². The second-order valence-corrected chi connectivity index (χ2v) is 10.5. The average molecular weight is 461 g/mol. The molecule has 4 fully saturated rings. The fourth-order valence-corrected chi connectivity index (χ4v) is 6.08. The fourth-order valence-electron chi connectivity index (χ4n) is 6.08. The van der Waals surface area contributed by atoms with Crippen LogP contribution in [0.2, 0.25) is 0 Å². The van der Waals surface area contributed by atoms with Crippen LogP contribution < -0.4 is 5.73 Å². The average Bonchev–Trinajstić information content (AvgIpc) is 3.61. The van der Waals surface area contributed by atoms with E-state index in [2.05, 4.69) is 26.4 Å². The smallest absolute Gasteiger partial charge is 0.383 e. The number of halogens is 3. The maximum absolute atomic E-state index is 13.4. The Morgan fingerprint density at radius 1 is 1.09 bits per heavy atom. The first kappa shape index (κ1) is 21.4. The summed E-state index contributed by atoms with van der Waals surface area (Å²) in [4.78, 5) is 13.7. The van der Waals surface area contributed by atoms with Gasteiger partial charge in [-0.1, -0.05) is 0 Å². The second-order valence-electron chi connectivity index (χ2n) is 10.5. The van der Waals surface area contributed by atoms with Crippen LogP contribution in [0.3, 0.4) is 0 Å². The zero-order valence-electron chi connectivity index (χ0n) is 18.9. The van der Waals surface area contributed by atoms with E-state index < -0.39 is 17.6 Å². The molecule has 1 saturated heterocycles. The number of nitrogens with two attached hydrogens (primary N) is 1. The van der Waals surface area contributed by atoms with E-state index in [-0.39, 0.29) is 0 Å². The molecular weight excluding hydrogens is 429 g/mol. The highest BCUT2D eigenvalue weighted by atomic mass is 19.4. The van der Waals surface area contributed by atoms with E-state index in [1.54, 1.807) is 0 Å². The monoisotopic (exact) mass is 460 g/mol. The maximum Gasteiger partial charge on any atom is 0.419 e. The van der Waals surface area contributed by atoms with E-state index >= 15 is 0 Å². The predicted octanol–water partition coefficient (Wildman–Crippen LogP) is 3.70. The van der Waals surface area contributed by atoms with E-state index in [4.69, 9.17) is 10.7 Å². The number of fused-ring (bicyclic) bond motifs is 1. The summed E-state index contributed by atoms with van der Waals surface area (Å²) in [6.07, 6.45) is 4.63. The molecule has 1 aliphatic heterocycles. The molecule has 0 amide bonds. The molecule has 0 bridgehead atoms. The largest absolute Gasteiger partial charge is 0.419 e. The Labute approximate surface area is 192 Å². The summed E-state index contributed by atoms with van der Waals surface area (Å²) < 4.78 is 42.4. The summed E-state index contributed by atoms with van der Waals surface area (Å²) in [6, 6.07) is 2.20. The zero-order valence-corrected chi connectivity index (χ0v) is 18.9. The van der Waals surface area contributed by atoms with Gasteiger partial charge in [-0.05, 0) is 56.6 Å². The molecule has 0 radical (unpaired) electrons. The predicted molar refractivity (Wildman–Crippen MR) is 119 cm³/mol. The van der Waals surface area contributed by atoms with Gasteiger partial charge in [0.25, 0.3) is 0 Å². The second kappa shape index (κ2) is 7.70. The number of rotatable bonds is 5. The van der Waals surface area contributed by atoms with E-state index in [0.29, 0.717) is 41.1 Å². The number of likely N-dealkylation sites (N-methyl/N-ethyl adjacent to an activating group) is 1. The maximum atomic E-state index is 13.4. The number of hydrogen-bond acceptors (Lipinski definition) is 5. The van der Waals surface area contributed by atoms with Crippen molar-refractivity contribution in [1.29, 1.82) is 0 Å². The normalized spacial score (nSPS) is 30.5. The Morgan fingerprint density at radius 3 is 2.42 bits per heavy atom. The van der Waals surface area contributed by atoms with Crippen molar-refractivity contribution in [3.63, 3.8) is 0 Å². The van der Waals surface area contributed by atoms with Crippen molar-refractivity contribution >= 4 is 5.82 Å². The summed E-state index contributed by atoms with van der Waals surface area (Å²) in [7, 11) is 2.19. The summed E-state index contributed by atoms with van der Waals surface area (Å²) >= 11 is 0. The van der Waals surface area contributed by atoms with E-state index in [9.17, 15) is 13.2 Å². The Hall–Kier alpha value is -2.13. The van der Waals surface area contributed by atoms with Crippen LogP contribution in [0, 0.1) is 17.8 Å². The van der Waals surface area contributed by atoms with E-state index in [1.807, 2.05) is 6.20 Å². The number of nitrogen functional groups attached to an aromatic ring is 1. The number of alkyl halides is 3. The van der Waals surface area contributed by atoms with Gasteiger partial charge in [0.15, 0.2) is 0 Å². The molecular formula is C24H31F3N6. The molecule has 6 rings (SSSR count). The minimum atomic E-state index is -4.53. The van der Waals surface area contributed by atoms with Crippen molar-refractivity contribution in [3.05, 3.63) is 29.8 Å². The first-order chi connectivity index (χ1) is 15.8. The number of piperazine rings is 1. The van der Waals surface area contributed by atoms with Crippen molar-refractivity contribution in [2.24, 2.45) is 17.8 Å². The SMILES string of the molecule is CN1CCN(C2C[C@@H]3C(n4cc(-c5cnc(N)c(C(F)(F)F)c5)nc4CC4CC4)[C@@H]3C2)CC1. The molecule has 4 aliphatic rings. The van der Waals surface area contributed by atoms with E-state index in [0.717, 1.165) is 44.5 Å². The molecule has 3 saturated carbocycles. The summed E-state index contributed by atoms with van der Waals surface area (Å²) in [6.45, 7) is 4.58. The van der Waals surface area contributed by atoms with Crippen LogP contribution in [-0.2, 0) is 12.6 Å². The lowest BCUT2D eigenvalue weighted by molar-refractivity contribution is -0.137. The summed E-state index contributed by atoms with van der Waals surface area (Å²) in [5.74, 6) is 2.50. The lowest BCUT2D eigenvalue weighted by Gasteiger charge is -2.37. The van der Waals surface area contributed by atoms with Crippen molar-refractivity contribution in [3.8, 4) is 11.3 Å². The van der Waals surface area contributed by atoms with Gasteiger partial charge < -0.3 is 15.2 Å². The van der Waals surface area contributed by atoms with Gasteiger partial charge in [0.2, 0.25) is 0 Å². The number of pyridine rings is 1. The van der Waals surface area contributed by atoms with Crippen LogP contribution in [0.5, 0.6) is 0 Å². The quantitative estimate of drug-likeness (QED) is 0.737. The Kier molecular flexibility index (Phi) is 4.99. The molecule has 2 unspecified atom stereocenters. The molecule has 3 heterocycles. The van der Waals surface area contributed by atoms with Gasteiger partial charge >= 0.3 is 6.18 Å². The number of hydrogen-bond donors (Lipinski definition) is 1.